The predicted molar refractivity (Wildman–Crippen MR) is 139 cm³/mol. The molecule has 8 heteroatoms. The maximum atomic E-state index is 13.5. The summed E-state index contributed by atoms with van der Waals surface area (Å²) in [5.74, 6) is 0.918. The fraction of sp³-hybridized carbons (Fsp3) is 0.346. The van der Waals surface area contributed by atoms with E-state index in [1.54, 1.807) is 18.2 Å². The first-order valence-corrected chi connectivity index (χ1v) is 12.5. The molecule has 5 rings (SSSR count). The molecule has 5 nitrogen and oxygen atoms in total. The Bertz CT molecular complexity index is 1160. The van der Waals surface area contributed by atoms with E-state index in [-0.39, 0.29) is 11.2 Å². The van der Waals surface area contributed by atoms with Gasteiger partial charge in [0.05, 0.1) is 0 Å². The molecule has 1 aliphatic carbocycles. The van der Waals surface area contributed by atoms with Gasteiger partial charge in [-0.25, -0.2) is 9.37 Å². The number of aromatic nitrogens is 2. The summed E-state index contributed by atoms with van der Waals surface area (Å²) >= 11 is 11.9. The molecule has 176 valence electrons. The van der Waals surface area contributed by atoms with Gasteiger partial charge < -0.3 is 15.5 Å². The van der Waals surface area contributed by atoms with Gasteiger partial charge in [0.15, 0.2) is 5.11 Å². The van der Waals surface area contributed by atoms with Crippen LogP contribution in [0.2, 0.25) is 5.15 Å². The molecule has 2 aromatic carbocycles. The molecule has 0 spiro atoms. The quantitative estimate of drug-likeness (QED) is 0.335. The van der Waals surface area contributed by atoms with Gasteiger partial charge in [-0.2, -0.15) is 4.98 Å². The number of anilines is 2. The molecular formula is C26H27ClFN5S. The van der Waals surface area contributed by atoms with Gasteiger partial charge in [0.1, 0.15) is 16.8 Å². The molecule has 3 aromatic rings. The summed E-state index contributed by atoms with van der Waals surface area (Å²) in [5, 5.41) is 7.29. The number of hydrogen-bond acceptors (Lipinski definition) is 4. The second-order valence-electron chi connectivity index (χ2n) is 9.15. The summed E-state index contributed by atoms with van der Waals surface area (Å²) in [6.45, 7) is 2.23. The minimum atomic E-state index is -0.213. The summed E-state index contributed by atoms with van der Waals surface area (Å²) in [4.78, 5) is 11.2. The molecular weight excluding hydrogens is 469 g/mol. The van der Waals surface area contributed by atoms with Crippen LogP contribution >= 0.6 is 23.8 Å². The zero-order valence-corrected chi connectivity index (χ0v) is 20.4. The lowest BCUT2D eigenvalue weighted by molar-refractivity contribution is 0.292. The van der Waals surface area contributed by atoms with Gasteiger partial charge >= 0.3 is 0 Å². The second-order valence-corrected chi connectivity index (χ2v) is 9.95. The molecule has 1 saturated carbocycles. The minimum Gasteiger partial charge on any atom is -0.361 e. The highest BCUT2D eigenvalue weighted by Crippen LogP contribution is 2.39. The van der Waals surface area contributed by atoms with Crippen LogP contribution in [-0.4, -0.2) is 21.6 Å². The van der Waals surface area contributed by atoms with Gasteiger partial charge in [-0.3, -0.25) is 0 Å². The molecule has 0 radical (unpaired) electrons. The Hall–Kier alpha value is -2.77. The van der Waals surface area contributed by atoms with Crippen LogP contribution in [0.15, 0.2) is 54.6 Å². The van der Waals surface area contributed by atoms with Crippen LogP contribution in [0.1, 0.15) is 48.8 Å². The van der Waals surface area contributed by atoms with E-state index in [1.807, 2.05) is 12.1 Å². The van der Waals surface area contributed by atoms with Gasteiger partial charge in [0, 0.05) is 31.1 Å². The van der Waals surface area contributed by atoms with E-state index in [2.05, 4.69) is 49.8 Å². The van der Waals surface area contributed by atoms with Crippen molar-refractivity contribution in [2.75, 3.05) is 16.8 Å². The molecule has 1 fully saturated rings. The molecule has 0 amide bonds. The number of nitrogens with one attached hydrogen (secondary N) is 2. The Morgan fingerprint density at radius 2 is 1.68 bits per heavy atom. The van der Waals surface area contributed by atoms with Gasteiger partial charge in [-0.05, 0) is 53.9 Å². The van der Waals surface area contributed by atoms with E-state index >= 15 is 0 Å². The molecule has 1 aromatic heterocycles. The third-order valence-corrected chi connectivity index (χ3v) is 7.37. The second kappa shape index (κ2) is 9.84. The van der Waals surface area contributed by atoms with Crippen LogP contribution in [0.4, 0.5) is 16.2 Å². The average molecular weight is 496 g/mol. The smallest absolute Gasteiger partial charge is 0.232 e. The van der Waals surface area contributed by atoms with Crippen molar-refractivity contribution in [3.05, 3.63) is 82.3 Å². The Morgan fingerprint density at radius 3 is 2.35 bits per heavy atom. The fourth-order valence-electron chi connectivity index (χ4n) is 5.11. The number of halogens is 2. The van der Waals surface area contributed by atoms with Crippen LogP contribution < -0.4 is 15.5 Å². The maximum absolute atomic E-state index is 13.5. The largest absolute Gasteiger partial charge is 0.361 e. The topological polar surface area (TPSA) is 53.1 Å². The Balaban J connectivity index is 1.27. The molecule has 0 unspecified atom stereocenters. The van der Waals surface area contributed by atoms with E-state index in [9.17, 15) is 4.39 Å². The first-order valence-electron chi connectivity index (χ1n) is 11.7. The summed E-state index contributed by atoms with van der Waals surface area (Å²) in [7, 11) is 0. The third-order valence-electron chi connectivity index (χ3n) is 6.93. The van der Waals surface area contributed by atoms with Gasteiger partial charge in [0.2, 0.25) is 5.95 Å². The van der Waals surface area contributed by atoms with Crippen molar-refractivity contribution in [1.29, 1.82) is 0 Å². The van der Waals surface area contributed by atoms with Crippen LogP contribution in [0.5, 0.6) is 0 Å². The summed E-state index contributed by atoms with van der Waals surface area (Å²) in [6.07, 6.45) is 5.62. The van der Waals surface area contributed by atoms with Crippen LogP contribution in [0, 0.1) is 5.82 Å². The molecule has 34 heavy (non-hydrogen) atoms. The number of rotatable bonds is 5. The minimum absolute atomic E-state index is 0.0701. The summed E-state index contributed by atoms with van der Waals surface area (Å²) in [5.41, 5.74) is 3.67. The highest BCUT2D eigenvalue weighted by atomic mass is 35.5. The standard InChI is InChI=1S/C26H27ClFN5S/c27-22-14-23(33-15-18-6-2-3-7-19(18)16-33)31-24(30-22)32-25(34)29-17-26(12-4-1-5-13-26)20-8-10-21(28)11-9-20/h2-3,6-11,14H,1,4-5,12-13,15-17H2,(H2,29,30,31,32,34). The Kier molecular flexibility index (Phi) is 6.66. The average Bonchev–Trinajstić information content (AvgIpc) is 3.28. The molecule has 0 saturated heterocycles. The van der Waals surface area contributed by atoms with E-state index in [0.717, 1.165) is 50.2 Å². The van der Waals surface area contributed by atoms with E-state index in [1.165, 1.54) is 17.5 Å². The van der Waals surface area contributed by atoms with Crippen LogP contribution in [0.25, 0.3) is 0 Å². The number of fused-ring (bicyclic) bond motifs is 1. The fourth-order valence-corrected chi connectivity index (χ4v) is 5.45. The van der Waals surface area contributed by atoms with E-state index in [4.69, 9.17) is 23.8 Å². The third kappa shape index (κ3) is 5.00. The Labute approximate surface area is 209 Å². The van der Waals surface area contributed by atoms with Crippen molar-refractivity contribution in [3.63, 3.8) is 0 Å². The van der Waals surface area contributed by atoms with Crippen molar-refractivity contribution in [3.8, 4) is 0 Å². The van der Waals surface area contributed by atoms with Crippen molar-refractivity contribution in [2.45, 2.75) is 50.6 Å². The summed E-state index contributed by atoms with van der Waals surface area (Å²) < 4.78 is 13.5. The number of hydrogen-bond donors (Lipinski definition) is 2. The van der Waals surface area contributed by atoms with Gasteiger partial charge in [-0.1, -0.05) is 67.3 Å². The van der Waals surface area contributed by atoms with Crippen molar-refractivity contribution >= 4 is 40.7 Å². The van der Waals surface area contributed by atoms with Gasteiger partial charge in [0.25, 0.3) is 0 Å². The lowest BCUT2D eigenvalue weighted by Gasteiger charge is -2.38. The molecule has 0 bridgehead atoms. The number of thiocarbonyl (C=S) groups is 1. The first kappa shape index (κ1) is 23.0. The van der Waals surface area contributed by atoms with E-state index < -0.39 is 0 Å². The van der Waals surface area contributed by atoms with Crippen molar-refractivity contribution in [1.82, 2.24) is 15.3 Å². The normalized spacial score (nSPS) is 16.7. The van der Waals surface area contributed by atoms with Crippen molar-refractivity contribution < 1.29 is 4.39 Å². The number of benzene rings is 2. The molecule has 2 N–H and O–H groups in total. The van der Waals surface area contributed by atoms with Gasteiger partial charge in [-0.15, -0.1) is 0 Å². The lowest BCUT2D eigenvalue weighted by atomic mass is 9.69. The lowest BCUT2D eigenvalue weighted by Crippen LogP contribution is -2.43. The Morgan fingerprint density at radius 1 is 1.00 bits per heavy atom. The number of nitrogens with zero attached hydrogens (tertiary/aromatic N) is 3. The van der Waals surface area contributed by atoms with E-state index in [0.29, 0.717) is 22.8 Å². The maximum Gasteiger partial charge on any atom is 0.232 e. The molecule has 1 aliphatic heterocycles. The monoisotopic (exact) mass is 495 g/mol. The molecule has 2 aliphatic rings. The SMILES string of the molecule is Fc1ccc(C2(CNC(=S)Nc3nc(Cl)cc(N4Cc5ccccc5C4)n3)CCCCC2)cc1. The zero-order chi connectivity index (χ0) is 23.5. The highest BCUT2D eigenvalue weighted by molar-refractivity contribution is 7.80. The predicted octanol–water partition coefficient (Wildman–Crippen LogP) is 5.98. The van der Waals surface area contributed by atoms with Crippen LogP contribution in [-0.2, 0) is 18.5 Å². The summed E-state index contributed by atoms with van der Waals surface area (Å²) in [6, 6.07) is 17.0. The molecule has 0 atom stereocenters. The van der Waals surface area contributed by atoms with Crippen LogP contribution in [0.3, 0.4) is 0 Å². The highest BCUT2D eigenvalue weighted by Gasteiger charge is 2.34. The first-order chi connectivity index (χ1) is 16.5. The zero-order valence-electron chi connectivity index (χ0n) is 18.9. The molecule has 2 heterocycles. The van der Waals surface area contributed by atoms with Crippen molar-refractivity contribution in [2.24, 2.45) is 0 Å².